The summed E-state index contributed by atoms with van der Waals surface area (Å²) in [6.45, 7) is 3.29. The fraction of sp³-hybridized carbons (Fsp3) is 0.538. The quantitative estimate of drug-likeness (QED) is 0.842. The van der Waals surface area contributed by atoms with Gasteiger partial charge in [0.1, 0.15) is 5.52 Å². The van der Waals surface area contributed by atoms with Crippen LogP contribution in [0, 0.1) is 0 Å². The van der Waals surface area contributed by atoms with E-state index in [1.54, 1.807) is 0 Å². The lowest BCUT2D eigenvalue weighted by molar-refractivity contribution is 0.396. The van der Waals surface area contributed by atoms with Crippen molar-refractivity contribution in [1.82, 2.24) is 19.9 Å². The van der Waals surface area contributed by atoms with E-state index >= 15 is 0 Å². The van der Waals surface area contributed by atoms with Gasteiger partial charge in [0.15, 0.2) is 5.82 Å². The van der Waals surface area contributed by atoms with Gasteiger partial charge in [-0.25, -0.2) is 9.97 Å². The Kier molecular flexibility index (Phi) is 2.91. The summed E-state index contributed by atoms with van der Waals surface area (Å²) in [7, 11) is 2.01. The highest BCUT2D eigenvalue weighted by molar-refractivity contribution is 5.85. The Balaban J connectivity index is 1.86. The van der Waals surface area contributed by atoms with E-state index in [4.69, 9.17) is 0 Å². The molecule has 1 aliphatic heterocycles. The van der Waals surface area contributed by atoms with E-state index in [2.05, 4.69) is 27.5 Å². The van der Waals surface area contributed by atoms with Gasteiger partial charge < -0.3 is 15.2 Å². The summed E-state index contributed by atoms with van der Waals surface area (Å²) in [6.07, 6.45) is 5.94. The molecule has 3 rings (SSSR count). The first kappa shape index (κ1) is 11.5. The number of hydrogen-bond acceptors (Lipinski definition) is 4. The van der Waals surface area contributed by atoms with E-state index in [9.17, 15) is 0 Å². The topological polar surface area (TPSA) is 54.8 Å². The van der Waals surface area contributed by atoms with Gasteiger partial charge in [-0.2, -0.15) is 0 Å². The van der Waals surface area contributed by atoms with Crippen LogP contribution in [0.1, 0.15) is 19.8 Å². The minimum absolute atomic E-state index is 0.487. The summed E-state index contributed by atoms with van der Waals surface area (Å²) < 4.78 is 2.02. The molecule has 2 aromatic heterocycles. The van der Waals surface area contributed by atoms with Crippen molar-refractivity contribution in [1.29, 1.82) is 0 Å². The van der Waals surface area contributed by atoms with Crippen molar-refractivity contribution in [2.24, 2.45) is 7.05 Å². The van der Waals surface area contributed by atoms with Gasteiger partial charge >= 0.3 is 0 Å². The number of aromatic nitrogens is 3. The van der Waals surface area contributed by atoms with Crippen molar-refractivity contribution in [2.45, 2.75) is 31.8 Å². The summed E-state index contributed by atoms with van der Waals surface area (Å²) in [5, 5.41) is 7.00. The molecule has 1 aliphatic rings. The van der Waals surface area contributed by atoms with Crippen LogP contribution in [0.5, 0.6) is 0 Å². The molecule has 5 nitrogen and oxygen atoms in total. The number of nitrogens with one attached hydrogen (secondary N) is 2. The fourth-order valence-corrected chi connectivity index (χ4v) is 2.62. The summed E-state index contributed by atoms with van der Waals surface area (Å²) in [5.74, 6) is 0.909. The highest BCUT2D eigenvalue weighted by Gasteiger charge is 2.19. The molecule has 0 saturated carbocycles. The van der Waals surface area contributed by atoms with E-state index < -0.39 is 0 Å². The number of fused-ring (bicyclic) bond motifs is 1. The Morgan fingerprint density at radius 3 is 3.17 bits per heavy atom. The maximum atomic E-state index is 4.43. The molecule has 2 unspecified atom stereocenters. The minimum atomic E-state index is 0.487. The zero-order valence-corrected chi connectivity index (χ0v) is 10.8. The van der Waals surface area contributed by atoms with Gasteiger partial charge in [-0.1, -0.05) is 0 Å². The lowest BCUT2D eigenvalue weighted by Crippen LogP contribution is -2.41. The van der Waals surface area contributed by atoms with Gasteiger partial charge in [0.25, 0.3) is 0 Å². The Hall–Kier alpha value is -1.62. The minimum Gasteiger partial charge on any atom is -0.365 e. The third-order valence-corrected chi connectivity index (χ3v) is 3.61. The molecule has 96 valence electrons. The monoisotopic (exact) mass is 245 g/mol. The number of piperidine rings is 1. The number of anilines is 1. The smallest absolute Gasteiger partial charge is 0.154 e. The molecular weight excluding hydrogens is 226 g/mol. The number of imidazole rings is 1. The van der Waals surface area contributed by atoms with E-state index in [-0.39, 0.29) is 0 Å². The van der Waals surface area contributed by atoms with Gasteiger partial charge in [0, 0.05) is 25.3 Å². The van der Waals surface area contributed by atoms with Crippen molar-refractivity contribution in [3.05, 3.63) is 18.6 Å². The van der Waals surface area contributed by atoms with Gasteiger partial charge in [0.05, 0.1) is 11.8 Å². The Morgan fingerprint density at radius 2 is 2.33 bits per heavy atom. The zero-order valence-electron chi connectivity index (χ0n) is 10.8. The first-order chi connectivity index (χ1) is 8.74. The largest absolute Gasteiger partial charge is 0.365 e. The molecule has 5 heteroatoms. The highest BCUT2D eigenvalue weighted by Crippen LogP contribution is 2.21. The number of hydrogen-bond donors (Lipinski definition) is 2. The summed E-state index contributed by atoms with van der Waals surface area (Å²) in [5.41, 5.74) is 2.08. The van der Waals surface area contributed by atoms with Crippen LogP contribution in [0.2, 0.25) is 0 Å². The maximum absolute atomic E-state index is 4.43. The average molecular weight is 245 g/mol. The molecule has 0 spiro atoms. The second-order valence-electron chi connectivity index (χ2n) is 5.10. The average Bonchev–Trinajstić information content (AvgIpc) is 2.73. The molecule has 0 aliphatic carbocycles. The SMILES string of the molecule is CC1CC(Nc2nccc3c2ncn3C)CCN1. The van der Waals surface area contributed by atoms with Gasteiger partial charge in [0.2, 0.25) is 0 Å². The molecule has 0 aromatic carbocycles. The molecule has 1 saturated heterocycles. The molecular formula is C13H19N5. The predicted octanol–water partition coefficient (Wildman–Crippen LogP) is 1.52. The molecule has 0 radical (unpaired) electrons. The number of nitrogens with zero attached hydrogens (tertiary/aromatic N) is 3. The Bertz CT molecular complexity index is 547. The standard InChI is InChI=1S/C13H19N5/c1-9-7-10(3-5-14-9)17-13-12-11(4-6-15-13)18(2)8-16-12/h4,6,8-10,14H,3,5,7H2,1-2H3,(H,15,17). The second kappa shape index (κ2) is 4.57. The van der Waals surface area contributed by atoms with Crippen molar-refractivity contribution < 1.29 is 0 Å². The fourth-order valence-electron chi connectivity index (χ4n) is 2.62. The summed E-state index contributed by atoms with van der Waals surface area (Å²) in [4.78, 5) is 8.86. The van der Waals surface area contributed by atoms with E-state index in [0.717, 1.165) is 36.2 Å². The second-order valence-corrected chi connectivity index (χ2v) is 5.10. The Labute approximate surface area is 107 Å². The molecule has 2 atom stereocenters. The normalized spacial score (nSPS) is 24.3. The van der Waals surface area contributed by atoms with E-state index in [0.29, 0.717) is 12.1 Å². The van der Waals surface area contributed by atoms with Crippen molar-refractivity contribution in [3.63, 3.8) is 0 Å². The van der Waals surface area contributed by atoms with Crippen LogP contribution < -0.4 is 10.6 Å². The molecule has 0 bridgehead atoms. The molecule has 3 heterocycles. The Morgan fingerprint density at radius 1 is 1.44 bits per heavy atom. The van der Waals surface area contributed by atoms with Crippen LogP contribution in [0.3, 0.4) is 0 Å². The van der Waals surface area contributed by atoms with Gasteiger partial charge in [-0.15, -0.1) is 0 Å². The molecule has 1 fully saturated rings. The number of rotatable bonds is 2. The zero-order chi connectivity index (χ0) is 12.5. The highest BCUT2D eigenvalue weighted by atomic mass is 15.1. The summed E-state index contributed by atoms with van der Waals surface area (Å²) in [6, 6.07) is 3.05. The van der Waals surface area contributed by atoms with Gasteiger partial charge in [-0.05, 0) is 32.4 Å². The first-order valence-corrected chi connectivity index (χ1v) is 6.50. The van der Waals surface area contributed by atoms with Crippen molar-refractivity contribution in [3.8, 4) is 0 Å². The molecule has 2 N–H and O–H groups in total. The van der Waals surface area contributed by atoms with Crippen LogP contribution in [-0.4, -0.2) is 33.2 Å². The van der Waals surface area contributed by atoms with Crippen LogP contribution in [0.15, 0.2) is 18.6 Å². The molecule has 2 aromatic rings. The van der Waals surface area contributed by atoms with E-state index in [1.165, 1.54) is 0 Å². The van der Waals surface area contributed by atoms with Crippen LogP contribution in [0.25, 0.3) is 11.0 Å². The number of aryl methyl sites for hydroxylation is 1. The maximum Gasteiger partial charge on any atom is 0.154 e. The number of pyridine rings is 1. The van der Waals surface area contributed by atoms with Crippen LogP contribution in [-0.2, 0) is 7.05 Å². The predicted molar refractivity (Wildman–Crippen MR) is 72.6 cm³/mol. The lowest BCUT2D eigenvalue weighted by Gasteiger charge is -2.29. The van der Waals surface area contributed by atoms with Gasteiger partial charge in [-0.3, -0.25) is 0 Å². The molecule has 0 amide bonds. The van der Waals surface area contributed by atoms with Crippen LogP contribution >= 0.6 is 0 Å². The lowest BCUT2D eigenvalue weighted by atomic mass is 10.0. The first-order valence-electron chi connectivity index (χ1n) is 6.50. The third-order valence-electron chi connectivity index (χ3n) is 3.61. The van der Waals surface area contributed by atoms with Crippen molar-refractivity contribution in [2.75, 3.05) is 11.9 Å². The van der Waals surface area contributed by atoms with Crippen LogP contribution in [0.4, 0.5) is 5.82 Å². The van der Waals surface area contributed by atoms with Crippen molar-refractivity contribution >= 4 is 16.9 Å². The third kappa shape index (κ3) is 2.06. The summed E-state index contributed by atoms with van der Waals surface area (Å²) >= 11 is 0. The van der Waals surface area contributed by atoms with E-state index in [1.807, 2.05) is 30.2 Å². The molecule has 18 heavy (non-hydrogen) atoms.